The number of hydrogen-bond acceptors (Lipinski definition) is 5. The Hall–Kier alpha value is -3.05. The van der Waals surface area contributed by atoms with Gasteiger partial charge in [-0.3, -0.25) is 9.69 Å². The number of allylic oxidation sites excluding steroid dienone is 1. The van der Waals surface area contributed by atoms with Crippen molar-refractivity contribution in [3.05, 3.63) is 53.1 Å². The molecule has 5 heteroatoms. The molecule has 32 heavy (non-hydrogen) atoms. The molecule has 0 aromatic heterocycles. The van der Waals surface area contributed by atoms with E-state index in [1.807, 2.05) is 18.2 Å². The maximum absolute atomic E-state index is 11.8. The van der Waals surface area contributed by atoms with Crippen LogP contribution in [0.3, 0.4) is 0 Å². The van der Waals surface area contributed by atoms with E-state index in [-0.39, 0.29) is 0 Å². The lowest BCUT2D eigenvalue weighted by Gasteiger charge is -2.36. The van der Waals surface area contributed by atoms with Crippen molar-refractivity contribution < 1.29 is 19.0 Å². The first kappa shape index (κ1) is 20.8. The standard InChI is InChI=1S/C27H29NO4/c1-30-25-12-22-20(11-17(25)16-29)24-15-28(18-7-5-4-6-8-18)10-9-19(24)21-13-26(31-2)27(32-3)14-23(21)22/h5,7,11-14,16,18H,4,6,8-10,15H2,1-3H3. The molecule has 1 aliphatic heterocycles. The molecule has 0 bridgehead atoms. The van der Waals surface area contributed by atoms with E-state index in [1.165, 1.54) is 35.8 Å². The third-order valence-electron chi connectivity index (χ3n) is 7.03. The molecule has 1 unspecified atom stereocenters. The largest absolute Gasteiger partial charge is 0.496 e. The zero-order valence-electron chi connectivity index (χ0n) is 18.9. The van der Waals surface area contributed by atoms with Crippen molar-refractivity contribution >= 4 is 27.8 Å². The van der Waals surface area contributed by atoms with E-state index in [0.29, 0.717) is 23.1 Å². The maximum atomic E-state index is 11.8. The van der Waals surface area contributed by atoms with Gasteiger partial charge in [0, 0.05) is 19.1 Å². The number of aldehydes is 1. The molecule has 5 rings (SSSR count). The van der Waals surface area contributed by atoms with Gasteiger partial charge >= 0.3 is 0 Å². The van der Waals surface area contributed by atoms with Crippen LogP contribution in [0.2, 0.25) is 0 Å². The van der Waals surface area contributed by atoms with Crippen LogP contribution in [-0.4, -0.2) is 45.1 Å². The average molecular weight is 432 g/mol. The van der Waals surface area contributed by atoms with Gasteiger partial charge in [0.05, 0.1) is 26.9 Å². The minimum atomic E-state index is 0.483. The summed E-state index contributed by atoms with van der Waals surface area (Å²) in [7, 11) is 4.94. The summed E-state index contributed by atoms with van der Waals surface area (Å²) in [5.74, 6) is 2.02. The molecule has 1 heterocycles. The van der Waals surface area contributed by atoms with Gasteiger partial charge in [0.2, 0.25) is 0 Å². The van der Waals surface area contributed by atoms with Gasteiger partial charge in [0.25, 0.3) is 0 Å². The van der Waals surface area contributed by atoms with Crippen molar-refractivity contribution in [2.75, 3.05) is 27.9 Å². The highest BCUT2D eigenvalue weighted by atomic mass is 16.5. The second-order valence-corrected chi connectivity index (χ2v) is 8.61. The van der Waals surface area contributed by atoms with E-state index in [4.69, 9.17) is 14.2 Å². The number of hydrogen-bond donors (Lipinski definition) is 0. The fourth-order valence-corrected chi connectivity index (χ4v) is 5.40. The molecule has 0 spiro atoms. The molecule has 166 valence electrons. The molecule has 0 saturated carbocycles. The first-order chi connectivity index (χ1) is 15.7. The fraction of sp³-hybridized carbons (Fsp3) is 0.370. The molecule has 1 aliphatic carbocycles. The zero-order chi connectivity index (χ0) is 22.2. The van der Waals surface area contributed by atoms with E-state index in [0.717, 1.165) is 47.7 Å². The van der Waals surface area contributed by atoms with Crippen LogP contribution in [0.5, 0.6) is 17.2 Å². The molecule has 0 amide bonds. The van der Waals surface area contributed by atoms with Crippen LogP contribution in [0, 0.1) is 0 Å². The highest BCUT2D eigenvalue weighted by molar-refractivity contribution is 6.13. The van der Waals surface area contributed by atoms with Crippen molar-refractivity contribution in [3.63, 3.8) is 0 Å². The second-order valence-electron chi connectivity index (χ2n) is 8.61. The Morgan fingerprint density at radius 3 is 2.16 bits per heavy atom. The first-order valence-electron chi connectivity index (χ1n) is 11.3. The molecule has 0 fully saturated rings. The lowest BCUT2D eigenvalue weighted by molar-refractivity contribution is 0.112. The maximum Gasteiger partial charge on any atom is 0.161 e. The molecule has 2 aliphatic rings. The summed E-state index contributed by atoms with van der Waals surface area (Å²) in [6, 6.07) is 8.62. The lowest BCUT2D eigenvalue weighted by atomic mass is 9.85. The third kappa shape index (κ3) is 3.32. The van der Waals surface area contributed by atoms with Crippen molar-refractivity contribution in [2.45, 2.75) is 38.3 Å². The second kappa shape index (κ2) is 8.47. The number of benzene rings is 3. The molecule has 0 radical (unpaired) electrons. The van der Waals surface area contributed by atoms with Crippen molar-refractivity contribution in [2.24, 2.45) is 0 Å². The number of fused-ring (bicyclic) bond motifs is 6. The zero-order valence-corrected chi connectivity index (χ0v) is 18.9. The Morgan fingerprint density at radius 2 is 1.53 bits per heavy atom. The molecule has 1 atom stereocenters. The first-order valence-corrected chi connectivity index (χ1v) is 11.3. The van der Waals surface area contributed by atoms with Gasteiger partial charge in [-0.05, 0) is 82.6 Å². The Labute approximate surface area is 188 Å². The molecular formula is C27H29NO4. The topological polar surface area (TPSA) is 48.0 Å². The van der Waals surface area contributed by atoms with Gasteiger partial charge in [-0.2, -0.15) is 0 Å². The number of nitrogens with zero attached hydrogens (tertiary/aromatic N) is 1. The highest BCUT2D eigenvalue weighted by Gasteiger charge is 2.27. The molecule has 0 saturated heterocycles. The van der Waals surface area contributed by atoms with E-state index in [1.54, 1.807) is 21.3 Å². The normalized spacial score (nSPS) is 18.5. The van der Waals surface area contributed by atoms with Gasteiger partial charge in [-0.25, -0.2) is 0 Å². The van der Waals surface area contributed by atoms with Crippen molar-refractivity contribution in [1.29, 1.82) is 0 Å². The number of carbonyl (C=O) groups is 1. The molecule has 3 aromatic rings. The van der Waals surface area contributed by atoms with Crippen LogP contribution in [-0.2, 0) is 13.0 Å². The SMILES string of the molecule is COc1cc2c(cc1C=O)c1c(c3cc(OC)c(OC)cc32)CCN(C2C=CCCC2)C1. The highest BCUT2D eigenvalue weighted by Crippen LogP contribution is 2.43. The van der Waals surface area contributed by atoms with Crippen LogP contribution >= 0.6 is 0 Å². The molecule has 0 N–H and O–H groups in total. The Kier molecular flexibility index (Phi) is 5.51. The summed E-state index contributed by atoms with van der Waals surface area (Å²) < 4.78 is 16.8. The minimum absolute atomic E-state index is 0.483. The smallest absolute Gasteiger partial charge is 0.161 e. The lowest BCUT2D eigenvalue weighted by Crippen LogP contribution is -2.39. The van der Waals surface area contributed by atoms with Crippen LogP contribution in [0.1, 0.15) is 40.7 Å². The van der Waals surface area contributed by atoms with E-state index >= 15 is 0 Å². The van der Waals surface area contributed by atoms with Crippen molar-refractivity contribution in [1.82, 2.24) is 4.90 Å². The predicted molar refractivity (Wildman–Crippen MR) is 127 cm³/mol. The van der Waals surface area contributed by atoms with Gasteiger partial charge in [-0.1, -0.05) is 12.2 Å². The molecular weight excluding hydrogens is 402 g/mol. The van der Waals surface area contributed by atoms with Crippen LogP contribution in [0.15, 0.2) is 36.4 Å². The van der Waals surface area contributed by atoms with Crippen molar-refractivity contribution in [3.8, 4) is 17.2 Å². The van der Waals surface area contributed by atoms with Gasteiger partial charge in [0.15, 0.2) is 17.8 Å². The van der Waals surface area contributed by atoms with Gasteiger partial charge < -0.3 is 14.2 Å². The predicted octanol–water partition coefficient (Wildman–Crippen LogP) is 5.30. The van der Waals surface area contributed by atoms with Gasteiger partial charge in [0.1, 0.15) is 5.75 Å². The quantitative estimate of drug-likeness (QED) is 0.312. The molecule has 3 aromatic carbocycles. The summed E-state index contributed by atoms with van der Waals surface area (Å²) in [6.45, 7) is 1.89. The summed E-state index contributed by atoms with van der Waals surface area (Å²) in [4.78, 5) is 14.4. The summed E-state index contributed by atoms with van der Waals surface area (Å²) in [6.07, 6.45) is 10.2. The minimum Gasteiger partial charge on any atom is -0.496 e. The molecule has 5 nitrogen and oxygen atoms in total. The number of ether oxygens (including phenoxy) is 3. The monoisotopic (exact) mass is 431 g/mol. The number of methoxy groups -OCH3 is 3. The Morgan fingerprint density at radius 1 is 0.875 bits per heavy atom. The number of carbonyl (C=O) groups excluding carboxylic acids is 1. The number of rotatable bonds is 5. The summed E-state index contributed by atoms with van der Waals surface area (Å²) in [5.41, 5.74) is 3.22. The van der Waals surface area contributed by atoms with Crippen LogP contribution in [0.25, 0.3) is 21.5 Å². The Balaban J connectivity index is 1.80. The van der Waals surface area contributed by atoms with E-state index in [9.17, 15) is 4.79 Å². The fourth-order valence-electron chi connectivity index (χ4n) is 5.40. The van der Waals surface area contributed by atoms with Crippen LogP contribution in [0.4, 0.5) is 0 Å². The average Bonchev–Trinajstić information content (AvgIpc) is 2.87. The van der Waals surface area contributed by atoms with Crippen LogP contribution < -0.4 is 14.2 Å². The summed E-state index contributed by atoms with van der Waals surface area (Å²) in [5, 5.41) is 4.47. The summed E-state index contributed by atoms with van der Waals surface area (Å²) >= 11 is 0. The Bertz CT molecular complexity index is 1230. The third-order valence-corrected chi connectivity index (χ3v) is 7.03. The van der Waals surface area contributed by atoms with E-state index in [2.05, 4.69) is 23.1 Å². The van der Waals surface area contributed by atoms with Gasteiger partial charge in [-0.15, -0.1) is 0 Å². The van der Waals surface area contributed by atoms with E-state index < -0.39 is 0 Å².